The summed E-state index contributed by atoms with van der Waals surface area (Å²) in [5, 5.41) is 0. The Hall–Kier alpha value is -2.65. The minimum absolute atomic E-state index is 0.721. The van der Waals surface area contributed by atoms with Crippen molar-refractivity contribution in [3.63, 3.8) is 0 Å². The van der Waals surface area contributed by atoms with Crippen LogP contribution in [0.2, 0.25) is 0 Å². The molecule has 0 aliphatic heterocycles. The molecule has 3 aromatic rings. The maximum Gasteiger partial charge on any atom is 0.155 e. The van der Waals surface area contributed by atoms with Crippen LogP contribution in [0.4, 0.5) is 0 Å². The summed E-state index contributed by atoms with van der Waals surface area (Å²) in [7, 11) is 0. The van der Waals surface area contributed by atoms with Crippen LogP contribution in [0.5, 0.6) is 0 Å². The molecule has 3 heteroatoms. The van der Waals surface area contributed by atoms with E-state index in [2.05, 4.69) is 102 Å². The summed E-state index contributed by atoms with van der Waals surface area (Å²) in [6.07, 6.45) is 4.71. The Labute approximate surface area is 196 Å². The molecular weight excluding hydrogens is 408 g/mol. The van der Waals surface area contributed by atoms with E-state index in [1.54, 1.807) is 0 Å². The van der Waals surface area contributed by atoms with Crippen molar-refractivity contribution >= 4 is 24.3 Å². The number of nitrogens with zero attached hydrogens (tertiary/aromatic N) is 2. The summed E-state index contributed by atoms with van der Waals surface area (Å²) >= 11 is 1.85. The number of hydrogen-bond donors (Lipinski definition) is 0. The molecule has 0 N–H and O–H groups in total. The van der Waals surface area contributed by atoms with E-state index in [0.717, 1.165) is 48.4 Å². The van der Waals surface area contributed by atoms with Gasteiger partial charge >= 0.3 is 0 Å². The number of hydrogen-bond acceptors (Lipinski definition) is 2. The first-order valence-corrected chi connectivity index (χ1v) is 12.6. The molecule has 1 saturated carbocycles. The normalized spacial score (nSPS) is 17.8. The lowest BCUT2D eigenvalue weighted by atomic mass is 10.0. The molecule has 2 nitrogen and oxygen atoms in total. The van der Waals surface area contributed by atoms with E-state index in [1.807, 2.05) is 11.8 Å². The molecule has 0 heterocycles. The summed E-state index contributed by atoms with van der Waals surface area (Å²) in [6.45, 7) is 6.73. The second kappa shape index (κ2) is 11.3. The van der Waals surface area contributed by atoms with Crippen molar-refractivity contribution < 1.29 is 0 Å². The second-order valence-corrected chi connectivity index (χ2v) is 9.55. The Morgan fingerprint density at radius 2 is 1.69 bits per heavy atom. The number of unbranched alkanes of at least 4 members (excludes halogenated alkanes) is 1. The van der Waals surface area contributed by atoms with Gasteiger partial charge in [-0.15, -0.1) is 11.8 Å². The van der Waals surface area contributed by atoms with Crippen molar-refractivity contribution in [2.75, 3.05) is 6.54 Å². The fourth-order valence-corrected chi connectivity index (χ4v) is 5.17. The van der Waals surface area contributed by atoms with Crippen molar-refractivity contribution in [3.05, 3.63) is 101 Å². The average Bonchev–Trinajstić information content (AvgIpc) is 3.61. The SMILES string of the molecule is C=NC(=NCCCC)c1ccccc1SCc1ccc(C2CC2Cc2ccccc2)cc1. The number of thioether (sulfide) groups is 1. The van der Waals surface area contributed by atoms with Gasteiger partial charge in [-0.05, 0) is 60.6 Å². The van der Waals surface area contributed by atoms with Crippen LogP contribution in [0.1, 0.15) is 54.4 Å². The highest BCUT2D eigenvalue weighted by atomic mass is 32.2. The van der Waals surface area contributed by atoms with Crippen LogP contribution in [-0.4, -0.2) is 19.1 Å². The summed E-state index contributed by atoms with van der Waals surface area (Å²) in [6, 6.07) is 28.5. The molecule has 164 valence electrons. The van der Waals surface area contributed by atoms with Crippen LogP contribution in [0, 0.1) is 5.92 Å². The van der Waals surface area contributed by atoms with Gasteiger partial charge in [-0.2, -0.15) is 0 Å². The van der Waals surface area contributed by atoms with E-state index in [-0.39, 0.29) is 0 Å². The molecule has 2 unspecified atom stereocenters. The predicted molar refractivity (Wildman–Crippen MR) is 139 cm³/mol. The van der Waals surface area contributed by atoms with Crippen LogP contribution in [-0.2, 0) is 12.2 Å². The molecule has 1 aliphatic carbocycles. The van der Waals surface area contributed by atoms with Gasteiger partial charge in [0.05, 0.1) is 0 Å². The molecule has 0 amide bonds. The van der Waals surface area contributed by atoms with Crippen molar-refractivity contribution in [2.45, 2.75) is 49.2 Å². The standard InChI is InChI=1S/C29H32N2S/c1-3-4-18-31-29(30-2)26-12-8-9-13-28(26)32-21-23-14-16-24(17-15-23)27-20-25(27)19-22-10-6-5-7-11-22/h5-17,25,27H,2-4,18-21H2,1H3. The highest BCUT2D eigenvalue weighted by Crippen LogP contribution is 2.49. The average molecular weight is 441 g/mol. The van der Waals surface area contributed by atoms with Gasteiger partial charge in [-0.3, -0.25) is 4.99 Å². The van der Waals surface area contributed by atoms with Crippen LogP contribution >= 0.6 is 11.8 Å². The van der Waals surface area contributed by atoms with Gasteiger partial charge in [-0.1, -0.05) is 86.1 Å². The molecule has 1 aliphatic rings. The van der Waals surface area contributed by atoms with Crippen LogP contribution in [0.25, 0.3) is 0 Å². The molecule has 1 fully saturated rings. The largest absolute Gasteiger partial charge is 0.266 e. The van der Waals surface area contributed by atoms with E-state index in [0.29, 0.717) is 0 Å². The van der Waals surface area contributed by atoms with Crippen LogP contribution < -0.4 is 0 Å². The molecule has 32 heavy (non-hydrogen) atoms. The van der Waals surface area contributed by atoms with Crippen molar-refractivity contribution in [2.24, 2.45) is 15.9 Å². The predicted octanol–water partition coefficient (Wildman–Crippen LogP) is 7.57. The van der Waals surface area contributed by atoms with Gasteiger partial charge < -0.3 is 0 Å². The zero-order valence-electron chi connectivity index (χ0n) is 18.9. The van der Waals surface area contributed by atoms with E-state index in [4.69, 9.17) is 0 Å². The van der Waals surface area contributed by atoms with Gasteiger partial charge in [-0.25, -0.2) is 4.99 Å². The lowest BCUT2D eigenvalue weighted by Gasteiger charge is -2.10. The van der Waals surface area contributed by atoms with Gasteiger partial charge in [0.15, 0.2) is 5.84 Å². The molecule has 3 aromatic carbocycles. The Morgan fingerprint density at radius 1 is 0.938 bits per heavy atom. The third-order valence-corrected chi connectivity index (χ3v) is 7.26. The molecule has 0 saturated heterocycles. The quantitative estimate of drug-likeness (QED) is 0.138. The summed E-state index contributed by atoms with van der Waals surface area (Å²) in [5.41, 5.74) is 5.38. The third-order valence-electron chi connectivity index (χ3n) is 6.12. The molecule has 0 aromatic heterocycles. The molecule has 2 atom stereocenters. The Kier molecular flexibility index (Phi) is 7.95. The second-order valence-electron chi connectivity index (χ2n) is 8.54. The Balaban J connectivity index is 1.35. The number of aliphatic imine (C=N–C) groups is 2. The van der Waals surface area contributed by atoms with Crippen molar-refractivity contribution in [3.8, 4) is 0 Å². The summed E-state index contributed by atoms with van der Waals surface area (Å²) in [5.74, 6) is 3.21. The zero-order valence-corrected chi connectivity index (χ0v) is 19.7. The highest BCUT2D eigenvalue weighted by Gasteiger charge is 2.37. The lowest BCUT2D eigenvalue weighted by Crippen LogP contribution is -2.01. The number of amidine groups is 1. The third kappa shape index (κ3) is 5.98. The number of rotatable bonds is 10. The van der Waals surface area contributed by atoms with E-state index in [9.17, 15) is 0 Å². The molecular formula is C29H32N2S. The van der Waals surface area contributed by atoms with E-state index in [1.165, 1.54) is 34.4 Å². The van der Waals surface area contributed by atoms with E-state index >= 15 is 0 Å². The first-order chi connectivity index (χ1) is 15.8. The fraction of sp³-hybridized carbons (Fsp3) is 0.310. The van der Waals surface area contributed by atoms with Gasteiger partial charge in [0.1, 0.15) is 0 Å². The van der Waals surface area contributed by atoms with Gasteiger partial charge in [0.25, 0.3) is 0 Å². The maximum atomic E-state index is 4.67. The highest BCUT2D eigenvalue weighted by molar-refractivity contribution is 7.98. The Morgan fingerprint density at radius 3 is 2.44 bits per heavy atom. The summed E-state index contributed by atoms with van der Waals surface area (Å²) in [4.78, 5) is 10.1. The van der Waals surface area contributed by atoms with E-state index < -0.39 is 0 Å². The molecule has 0 spiro atoms. The maximum absolute atomic E-state index is 4.67. The van der Waals surface area contributed by atoms with Gasteiger partial charge in [0, 0.05) is 22.8 Å². The monoisotopic (exact) mass is 440 g/mol. The first kappa shape index (κ1) is 22.5. The van der Waals surface area contributed by atoms with Crippen molar-refractivity contribution in [1.82, 2.24) is 0 Å². The van der Waals surface area contributed by atoms with Crippen LogP contribution in [0.15, 0.2) is 93.7 Å². The molecule has 0 bridgehead atoms. The smallest absolute Gasteiger partial charge is 0.155 e. The van der Waals surface area contributed by atoms with Crippen LogP contribution in [0.3, 0.4) is 0 Å². The molecule has 4 rings (SSSR count). The lowest BCUT2D eigenvalue weighted by molar-refractivity contribution is 0.795. The first-order valence-electron chi connectivity index (χ1n) is 11.6. The number of benzene rings is 3. The van der Waals surface area contributed by atoms with Gasteiger partial charge in [0.2, 0.25) is 0 Å². The Bertz CT molecular complexity index is 1040. The summed E-state index contributed by atoms with van der Waals surface area (Å²) < 4.78 is 0. The topological polar surface area (TPSA) is 24.7 Å². The minimum atomic E-state index is 0.721. The molecule has 0 radical (unpaired) electrons. The fourth-order valence-electron chi connectivity index (χ4n) is 4.16. The minimum Gasteiger partial charge on any atom is -0.266 e. The zero-order chi connectivity index (χ0) is 22.2. The van der Waals surface area contributed by atoms with Crippen molar-refractivity contribution in [1.29, 1.82) is 0 Å².